The van der Waals surface area contributed by atoms with Crippen LogP contribution in [0.3, 0.4) is 0 Å². The van der Waals surface area contributed by atoms with Crippen LogP contribution in [0.5, 0.6) is 0 Å². The monoisotopic (exact) mass is 299 g/mol. The third-order valence-corrected chi connectivity index (χ3v) is 4.38. The molecule has 0 saturated carbocycles. The average molecular weight is 300 g/mol. The second kappa shape index (κ2) is 7.91. The lowest BCUT2D eigenvalue weighted by atomic mass is 9.85. The average Bonchev–Trinajstić information content (AvgIpc) is 2.81. The molecule has 2 atom stereocenters. The SMILES string of the molecule is CCN(CC1(CNC(C)(C)C)CCOC1)C(C)CN(C)C. The van der Waals surface area contributed by atoms with Gasteiger partial charge in [0.1, 0.15) is 0 Å². The molecule has 0 bridgehead atoms. The summed E-state index contributed by atoms with van der Waals surface area (Å²) in [7, 11) is 4.31. The highest BCUT2D eigenvalue weighted by molar-refractivity contribution is 4.91. The first kappa shape index (κ1) is 18.9. The first-order chi connectivity index (χ1) is 9.67. The molecule has 1 rings (SSSR count). The van der Waals surface area contributed by atoms with Gasteiger partial charge in [0.15, 0.2) is 0 Å². The second-order valence-electron chi connectivity index (χ2n) is 8.08. The van der Waals surface area contributed by atoms with Gasteiger partial charge in [-0.05, 0) is 54.8 Å². The van der Waals surface area contributed by atoms with E-state index in [9.17, 15) is 0 Å². The van der Waals surface area contributed by atoms with Crippen LogP contribution in [0.15, 0.2) is 0 Å². The molecule has 2 unspecified atom stereocenters. The molecule has 1 aliphatic rings. The molecule has 1 aliphatic heterocycles. The molecule has 1 fully saturated rings. The maximum atomic E-state index is 5.75. The fourth-order valence-corrected chi connectivity index (χ4v) is 3.08. The fraction of sp³-hybridized carbons (Fsp3) is 1.00. The standard InChI is InChI=1S/C17H37N3O/c1-8-20(15(2)11-19(6)7)13-17(9-10-21-14-17)12-18-16(3,4)5/h15,18H,8-14H2,1-7H3. The van der Waals surface area contributed by atoms with Crippen LogP contribution < -0.4 is 5.32 Å². The van der Waals surface area contributed by atoms with E-state index >= 15 is 0 Å². The van der Waals surface area contributed by atoms with Crippen LogP contribution in [0.1, 0.15) is 41.0 Å². The molecule has 126 valence electrons. The molecule has 0 aliphatic carbocycles. The summed E-state index contributed by atoms with van der Waals surface area (Å²) in [6.07, 6.45) is 1.17. The van der Waals surface area contributed by atoms with Crippen LogP contribution in [-0.4, -0.2) is 74.9 Å². The number of hydrogen-bond acceptors (Lipinski definition) is 4. The molecule has 4 nitrogen and oxygen atoms in total. The number of nitrogens with one attached hydrogen (secondary N) is 1. The Balaban J connectivity index is 2.66. The van der Waals surface area contributed by atoms with Crippen molar-refractivity contribution >= 4 is 0 Å². The molecule has 1 saturated heterocycles. The molecular weight excluding hydrogens is 262 g/mol. The largest absolute Gasteiger partial charge is 0.381 e. The molecule has 0 amide bonds. The van der Waals surface area contributed by atoms with Crippen molar-refractivity contribution in [2.75, 3.05) is 53.5 Å². The fourth-order valence-electron chi connectivity index (χ4n) is 3.08. The number of likely N-dealkylation sites (N-methyl/N-ethyl adjacent to an activating group) is 2. The zero-order valence-electron chi connectivity index (χ0n) is 15.3. The topological polar surface area (TPSA) is 27.7 Å². The molecule has 0 aromatic rings. The Kier molecular flexibility index (Phi) is 7.11. The molecule has 0 aromatic heterocycles. The van der Waals surface area contributed by atoms with Crippen molar-refractivity contribution in [2.24, 2.45) is 5.41 Å². The number of hydrogen-bond donors (Lipinski definition) is 1. The van der Waals surface area contributed by atoms with Crippen LogP contribution in [-0.2, 0) is 4.74 Å². The lowest BCUT2D eigenvalue weighted by molar-refractivity contribution is 0.0797. The number of nitrogens with zero attached hydrogens (tertiary/aromatic N) is 2. The van der Waals surface area contributed by atoms with Crippen molar-refractivity contribution in [3.8, 4) is 0 Å². The molecule has 4 heteroatoms. The second-order valence-corrected chi connectivity index (χ2v) is 8.08. The Morgan fingerprint density at radius 1 is 1.29 bits per heavy atom. The lowest BCUT2D eigenvalue weighted by Crippen LogP contribution is -2.52. The van der Waals surface area contributed by atoms with Crippen molar-refractivity contribution in [3.05, 3.63) is 0 Å². The minimum atomic E-state index is 0.169. The minimum Gasteiger partial charge on any atom is -0.381 e. The molecule has 0 spiro atoms. The zero-order valence-corrected chi connectivity index (χ0v) is 15.3. The highest BCUT2D eigenvalue weighted by Gasteiger charge is 2.38. The highest BCUT2D eigenvalue weighted by atomic mass is 16.5. The Morgan fingerprint density at radius 3 is 2.38 bits per heavy atom. The van der Waals surface area contributed by atoms with Gasteiger partial charge in [0.2, 0.25) is 0 Å². The van der Waals surface area contributed by atoms with Gasteiger partial charge in [-0.15, -0.1) is 0 Å². The summed E-state index contributed by atoms with van der Waals surface area (Å²) < 4.78 is 5.75. The van der Waals surface area contributed by atoms with Gasteiger partial charge in [0, 0.05) is 43.2 Å². The van der Waals surface area contributed by atoms with Gasteiger partial charge < -0.3 is 15.0 Å². The Hall–Kier alpha value is -0.160. The van der Waals surface area contributed by atoms with Gasteiger partial charge in [0.05, 0.1) is 6.61 Å². The summed E-state index contributed by atoms with van der Waals surface area (Å²) in [5.41, 5.74) is 0.436. The third-order valence-electron chi connectivity index (χ3n) is 4.38. The first-order valence-electron chi connectivity index (χ1n) is 8.39. The Morgan fingerprint density at radius 2 is 1.95 bits per heavy atom. The summed E-state index contributed by atoms with van der Waals surface area (Å²) in [6.45, 7) is 17.5. The third kappa shape index (κ3) is 6.64. The highest BCUT2D eigenvalue weighted by Crippen LogP contribution is 2.30. The number of ether oxygens (including phenoxy) is 1. The predicted molar refractivity (Wildman–Crippen MR) is 90.9 cm³/mol. The lowest BCUT2D eigenvalue weighted by Gasteiger charge is -2.39. The first-order valence-corrected chi connectivity index (χ1v) is 8.39. The quantitative estimate of drug-likeness (QED) is 0.742. The summed E-state index contributed by atoms with van der Waals surface area (Å²) >= 11 is 0. The van der Waals surface area contributed by atoms with E-state index in [0.29, 0.717) is 6.04 Å². The van der Waals surface area contributed by atoms with Crippen molar-refractivity contribution < 1.29 is 4.74 Å². The van der Waals surface area contributed by atoms with Gasteiger partial charge in [-0.25, -0.2) is 0 Å². The van der Waals surface area contributed by atoms with Crippen molar-refractivity contribution in [1.29, 1.82) is 0 Å². The molecule has 1 heterocycles. The predicted octanol–water partition coefficient (Wildman–Crippen LogP) is 2.05. The molecule has 1 N–H and O–H groups in total. The van der Waals surface area contributed by atoms with E-state index in [1.54, 1.807) is 0 Å². The maximum absolute atomic E-state index is 5.75. The molecule has 21 heavy (non-hydrogen) atoms. The van der Waals surface area contributed by atoms with Gasteiger partial charge in [-0.1, -0.05) is 6.92 Å². The number of rotatable bonds is 8. The van der Waals surface area contributed by atoms with Gasteiger partial charge in [-0.2, -0.15) is 0 Å². The van der Waals surface area contributed by atoms with E-state index in [1.165, 1.54) is 6.42 Å². The van der Waals surface area contributed by atoms with Crippen LogP contribution in [0.4, 0.5) is 0 Å². The summed E-state index contributed by atoms with van der Waals surface area (Å²) in [4.78, 5) is 4.89. The van der Waals surface area contributed by atoms with Crippen LogP contribution in [0.2, 0.25) is 0 Å². The van der Waals surface area contributed by atoms with E-state index in [2.05, 4.69) is 63.8 Å². The molecule has 0 aromatic carbocycles. The summed E-state index contributed by atoms with van der Waals surface area (Å²) in [5, 5.41) is 3.70. The van der Waals surface area contributed by atoms with E-state index in [0.717, 1.165) is 39.4 Å². The van der Waals surface area contributed by atoms with E-state index in [1.807, 2.05) is 0 Å². The van der Waals surface area contributed by atoms with Crippen LogP contribution in [0.25, 0.3) is 0 Å². The smallest absolute Gasteiger partial charge is 0.0547 e. The normalized spacial score (nSPS) is 25.0. The van der Waals surface area contributed by atoms with E-state index in [-0.39, 0.29) is 11.0 Å². The van der Waals surface area contributed by atoms with Gasteiger partial charge in [0.25, 0.3) is 0 Å². The Labute approximate surface area is 132 Å². The maximum Gasteiger partial charge on any atom is 0.0547 e. The van der Waals surface area contributed by atoms with Crippen LogP contribution >= 0.6 is 0 Å². The molecule has 0 radical (unpaired) electrons. The minimum absolute atomic E-state index is 0.169. The van der Waals surface area contributed by atoms with Crippen molar-refractivity contribution in [3.63, 3.8) is 0 Å². The van der Waals surface area contributed by atoms with Crippen molar-refractivity contribution in [1.82, 2.24) is 15.1 Å². The zero-order chi connectivity index (χ0) is 16.1. The summed E-state index contributed by atoms with van der Waals surface area (Å²) in [5.74, 6) is 0. The van der Waals surface area contributed by atoms with Crippen molar-refractivity contribution in [2.45, 2.75) is 52.6 Å². The summed E-state index contributed by atoms with van der Waals surface area (Å²) in [6, 6.07) is 0.581. The molecular formula is C17H37N3O. The van der Waals surface area contributed by atoms with Gasteiger partial charge in [-0.3, -0.25) is 4.90 Å². The van der Waals surface area contributed by atoms with E-state index < -0.39 is 0 Å². The van der Waals surface area contributed by atoms with Gasteiger partial charge >= 0.3 is 0 Å². The van der Waals surface area contributed by atoms with E-state index in [4.69, 9.17) is 4.74 Å². The Bertz CT molecular complexity index is 293. The van der Waals surface area contributed by atoms with Crippen LogP contribution in [0, 0.1) is 5.41 Å².